The van der Waals surface area contributed by atoms with Crippen molar-refractivity contribution in [2.45, 2.75) is 33.2 Å². The monoisotopic (exact) mass is 498 g/mol. The maximum Gasteiger partial charge on any atom is 0.251 e. The molecule has 0 aliphatic heterocycles. The van der Waals surface area contributed by atoms with Crippen LogP contribution in [0.3, 0.4) is 0 Å². The van der Waals surface area contributed by atoms with Crippen molar-refractivity contribution in [3.8, 4) is 0 Å². The number of halogens is 1. The van der Waals surface area contributed by atoms with Crippen molar-refractivity contribution < 1.29 is 4.79 Å². The second-order valence-corrected chi connectivity index (χ2v) is 6.64. The molecule has 1 heterocycles. The van der Waals surface area contributed by atoms with E-state index in [9.17, 15) is 4.79 Å². The summed E-state index contributed by atoms with van der Waals surface area (Å²) < 4.78 is 1.92. The number of aromatic nitrogens is 2. The Morgan fingerprint density at radius 2 is 1.82 bits per heavy atom. The van der Waals surface area contributed by atoms with E-state index < -0.39 is 0 Å². The Labute approximate surface area is 184 Å². The minimum Gasteiger partial charge on any atom is -0.355 e. The van der Waals surface area contributed by atoms with Crippen molar-refractivity contribution in [3.63, 3.8) is 0 Å². The first-order chi connectivity index (χ1) is 12.9. The Bertz CT molecular complexity index is 787. The largest absolute Gasteiger partial charge is 0.355 e. The van der Waals surface area contributed by atoms with Crippen molar-refractivity contribution in [3.05, 3.63) is 52.8 Å². The molecule has 0 bridgehead atoms. The van der Waals surface area contributed by atoms with Crippen LogP contribution in [0, 0.1) is 13.8 Å². The van der Waals surface area contributed by atoms with Crippen LogP contribution in [0.25, 0.3) is 0 Å². The van der Waals surface area contributed by atoms with Crippen LogP contribution >= 0.6 is 24.0 Å². The second kappa shape index (κ2) is 11.7. The van der Waals surface area contributed by atoms with Gasteiger partial charge in [0.2, 0.25) is 0 Å². The van der Waals surface area contributed by atoms with E-state index in [1.165, 1.54) is 11.3 Å². The van der Waals surface area contributed by atoms with Crippen LogP contribution in [0.4, 0.5) is 0 Å². The fourth-order valence-corrected chi connectivity index (χ4v) is 2.95. The van der Waals surface area contributed by atoms with Crippen molar-refractivity contribution in [1.29, 1.82) is 0 Å². The summed E-state index contributed by atoms with van der Waals surface area (Å²) in [6.07, 6.45) is 0.872. The predicted molar refractivity (Wildman–Crippen MR) is 125 cm³/mol. The third kappa shape index (κ3) is 6.81. The molecular weight excluding hydrogens is 467 g/mol. The van der Waals surface area contributed by atoms with Crippen LogP contribution in [-0.4, -0.2) is 47.8 Å². The van der Waals surface area contributed by atoms with E-state index in [1.807, 2.05) is 36.9 Å². The Morgan fingerprint density at radius 3 is 2.39 bits per heavy atom. The third-order valence-corrected chi connectivity index (χ3v) is 4.51. The molecule has 0 radical (unpaired) electrons. The second-order valence-electron chi connectivity index (χ2n) is 6.64. The normalized spacial score (nSPS) is 12.1. The lowest BCUT2D eigenvalue weighted by Gasteiger charge is -2.18. The van der Waals surface area contributed by atoms with Gasteiger partial charge in [-0.3, -0.25) is 14.5 Å². The van der Waals surface area contributed by atoms with E-state index >= 15 is 0 Å². The van der Waals surface area contributed by atoms with Gasteiger partial charge >= 0.3 is 0 Å². The maximum atomic E-state index is 12.0. The summed E-state index contributed by atoms with van der Waals surface area (Å²) in [5.41, 5.74) is 4.18. The summed E-state index contributed by atoms with van der Waals surface area (Å²) in [4.78, 5) is 16.3. The van der Waals surface area contributed by atoms with Gasteiger partial charge in [-0.2, -0.15) is 5.10 Å². The van der Waals surface area contributed by atoms with Gasteiger partial charge in [-0.15, -0.1) is 24.0 Å². The van der Waals surface area contributed by atoms with Crippen LogP contribution in [0.2, 0.25) is 0 Å². The highest BCUT2D eigenvalue weighted by Crippen LogP contribution is 2.14. The molecule has 1 aromatic carbocycles. The Morgan fingerprint density at radius 1 is 1.18 bits per heavy atom. The number of aryl methyl sites for hydroxylation is 2. The molecule has 2 rings (SSSR count). The number of benzene rings is 1. The zero-order chi connectivity index (χ0) is 19.8. The molecule has 7 nitrogen and oxygen atoms in total. The van der Waals surface area contributed by atoms with Crippen LogP contribution in [0.5, 0.6) is 0 Å². The van der Waals surface area contributed by atoms with Crippen LogP contribution in [0.1, 0.15) is 34.2 Å². The number of rotatable bonds is 7. The van der Waals surface area contributed by atoms with E-state index in [0.717, 1.165) is 18.1 Å². The van der Waals surface area contributed by atoms with Gasteiger partial charge in [-0.25, -0.2) is 0 Å². The molecule has 154 valence electrons. The Balaban J connectivity index is 0.00000392. The summed E-state index contributed by atoms with van der Waals surface area (Å²) in [6.45, 7) is 7.36. The lowest BCUT2D eigenvalue weighted by Crippen LogP contribution is -2.45. The summed E-state index contributed by atoms with van der Waals surface area (Å²) in [5, 5.41) is 14.0. The van der Waals surface area contributed by atoms with Crippen molar-refractivity contribution in [2.24, 2.45) is 12.0 Å². The molecule has 0 saturated carbocycles. The lowest BCUT2D eigenvalue weighted by molar-refractivity contribution is 0.0954. The number of nitrogens with one attached hydrogen (secondary N) is 3. The number of nitrogens with zero attached hydrogens (tertiary/aromatic N) is 3. The Kier molecular flexibility index (Phi) is 9.98. The topological polar surface area (TPSA) is 83.3 Å². The smallest absolute Gasteiger partial charge is 0.251 e. The zero-order valence-electron chi connectivity index (χ0n) is 17.2. The van der Waals surface area contributed by atoms with Gasteiger partial charge in [0.1, 0.15) is 0 Å². The highest BCUT2D eigenvalue weighted by Gasteiger charge is 2.14. The molecule has 1 atom stereocenters. The molecule has 0 aliphatic rings. The first-order valence-electron chi connectivity index (χ1n) is 9.21. The highest BCUT2D eigenvalue weighted by molar-refractivity contribution is 14.0. The SMILES string of the molecule is CN=C(NCCNC(=O)c1ccccc1)NC(C)Cc1c(C)nn(C)c1C.I. The zero-order valence-corrected chi connectivity index (χ0v) is 19.6. The molecule has 0 spiro atoms. The van der Waals surface area contributed by atoms with Crippen LogP contribution < -0.4 is 16.0 Å². The molecule has 2 aromatic rings. The number of hydrogen-bond acceptors (Lipinski definition) is 3. The van der Waals surface area contributed by atoms with E-state index in [2.05, 4.69) is 39.9 Å². The molecule has 3 N–H and O–H groups in total. The predicted octanol–water partition coefficient (Wildman–Crippen LogP) is 2.18. The fraction of sp³-hybridized carbons (Fsp3) is 0.450. The van der Waals surface area contributed by atoms with Gasteiger partial charge in [-0.05, 0) is 44.9 Å². The van der Waals surface area contributed by atoms with E-state index in [4.69, 9.17) is 0 Å². The highest BCUT2D eigenvalue weighted by atomic mass is 127. The van der Waals surface area contributed by atoms with Crippen molar-refractivity contribution in [2.75, 3.05) is 20.1 Å². The number of carbonyl (C=O) groups excluding carboxylic acids is 1. The molecule has 1 unspecified atom stereocenters. The van der Waals surface area contributed by atoms with Crippen LogP contribution in [-0.2, 0) is 13.5 Å². The van der Waals surface area contributed by atoms with Gasteiger partial charge in [0, 0.05) is 44.5 Å². The summed E-state index contributed by atoms with van der Waals surface area (Å²) >= 11 is 0. The Hall–Kier alpha value is -2.10. The molecule has 1 amide bonds. The summed E-state index contributed by atoms with van der Waals surface area (Å²) in [7, 11) is 3.71. The molecular formula is C20H31IN6O. The van der Waals surface area contributed by atoms with E-state index in [-0.39, 0.29) is 35.9 Å². The lowest BCUT2D eigenvalue weighted by atomic mass is 10.1. The average Bonchev–Trinajstić information content (AvgIpc) is 2.90. The standard InChI is InChI=1S/C20H30N6O.HI/c1-14(13-18-15(2)25-26(5)16(18)3)24-20(21-4)23-12-11-22-19(27)17-9-7-6-8-10-17;/h6-10,14H,11-13H2,1-5H3,(H,22,27)(H2,21,23,24);1H. The van der Waals surface area contributed by atoms with Crippen molar-refractivity contribution in [1.82, 2.24) is 25.7 Å². The number of amides is 1. The minimum absolute atomic E-state index is 0. The number of hydrogen-bond donors (Lipinski definition) is 3. The van der Waals surface area contributed by atoms with Crippen LogP contribution in [0.15, 0.2) is 35.3 Å². The summed E-state index contributed by atoms with van der Waals surface area (Å²) in [6, 6.07) is 9.40. The van der Waals surface area contributed by atoms with Crippen molar-refractivity contribution >= 4 is 35.8 Å². The maximum absolute atomic E-state index is 12.0. The van der Waals surface area contributed by atoms with Gasteiger partial charge in [0.05, 0.1) is 5.69 Å². The van der Waals surface area contributed by atoms with Gasteiger partial charge < -0.3 is 16.0 Å². The quantitative estimate of drug-likeness (QED) is 0.237. The van der Waals surface area contributed by atoms with Gasteiger partial charge in [-0.1, -0.05) is 18.2 Å². The molecule has 1 aromatic heterocycles. The van der Waals surface area contributed by atoms with E-state index in [0.29, 0.717) is 18.7 Å². The van der Waals surface area contributed by atoms with E-state index in [1.54, 1.807) is 19.2 Å². The van der Waals surface area contributed by atoms with Gasteiger partial charge in [0.25, 0.3) is 5.91 Å². The summed E-state index contributed by atoms with van der Waals surface area (Å²) in [5.74, 6) is 0.645. The molecule has 0 saturated heterocycles. The minimum atomic E-state index is -0.0729. The molecule has 0 fully saturated rings. The van der Waals surface area contributed by atoms with Gasteiger partial charge in [0.15, 0.2) is 5.96 Å². The first kappa shape index (κ1) is 23.9. The average molecular weight is 498 g/mol. The third-order valence-electron chi connectivity index (χ3n) is 4.51. The number of carbonyl (C=O) groups is 1. The number of guanidine groups is 1. The molecule has 0 aliphatic carbocycles. The molecule has 28 heavy (non-hydrogen) atoms. The fourth-order valence-electron chi connectivity index (χ4n) is 2.95. The number of aliphatic imine (C=N–C) groups is 1. The molecule has 8 heteroatoms. The first-order valence-corrected chi connectivity index (χ1v) is 9.21.